The van der Waals surface area contributed by atoms with E-state index in [9.17, 15) is 14.7 Å². The standard InChI is InChI=1S/C34H34N2O5S/c1-23-8-6-7-11-27(23)29-18-25(12-14-28(29)33(37)35-30(34(38)39)16-17-42-2)21-36(20-24-9-4-3-5-10-24)26-13-15-31-32(19-26)41-22-40-31/h3-15,18-19,30H,16-17,20-22H2,1-2H3,(H,35,37)(H,38,39)/t30-/m0/s1. The molecule has 1 heterocycles. The summed E-state index contributed by atoms with van der Waals surface area (Å²) in [4.78, 5) is 27.6. The molecule has 0 fully saturated rings. The van der Waals surface area contributed by atoms with Gasteiger partial charge in [-0.3, -0.25) is 4.79 Å². The number of nitrogens with one attached hydrogen (secondary N) is 1. The molecule has 1 atom stereocenters. The average Bonchev–Trinajstić information content (AvgIpc) is 3.47. The number of carboxylic acids is 1. The number of hydrogen-bond donors (Lipinski definition) is 2. The number of aliphatic carboxylic acids is 1. The minimum atomic E-state index is -1.04. The minimum Gasteiger partial charge on any atom is -0.480 e. The van der Waals surface area contributed by atoms with Gasteiger partial charge in [0.15, 0.2) is 11.5 Å². The van der Waals surface area contributed by atoms with Gasteiger partial charge in [-0.2, -0.15) is 11.8 Å². The zero-order valence-corrected chi connectivity index (χ0v) is 24.5. The molecule has 1 aliphatic rings. The van der Waals surface area contributed by atoms with E-state index in [4.69, 9.17) is 9.47 Å². The first-order valence-corrected chi connectivity index (χ1v) is 15.2. The number of carbonyl (C=O) groups excluding carboxylic acids is 1. The van der Waals surface area contributed by atoms with Crippen LogP contribution in [0.4, 0.5) is 5.69 Å². The second-order valence-corrected chi connectivity index (χ2v) is 11.2. The van der Waals surface area contributed by atoms with E-state index < -0.39 is 17.9 Å². The molecule has 0 aromatic heterocycles. The third-order valence-corrected chi connectivity index (χ3v) is 7.93. The van der Waals surface area contributed by atoms with Crippen molar-refractivity contribution in [2.45, 2.75) is 32.5 Å². The maximum atomic E-state index is 13.5. The lowest BCUT2D eigenvalue weighted by Crippen LogP contribution is -2.41. The number of thioether (sulfide) groups is 1. The van der Waals surface area contributed by atoms with E-state index in [1.54, 1.807) is 17.8 Å². The molecule has 42 heavy (non-hydrogen) atoms. The molecule has 4 aromatic rings. The Kier molecular flexibility index (Phi) is 9.34. The van der Waals surface area contributed by atoms with Gasteiger partial charge in [0, 0.05) is 30.4 Å². The first-order chi connectivity index (χ1) is 20.4. The van der Waals surface area contributed by atoms with E-state index in [1.807, 2.05) is 86.0 Å². The highest BCUT2D eigenvalue weighted by molar-refractivity contribution is 7.98. The summed E-state index contributed by atoms with van der Waals surface area (Å²) >= 11 is 1.55. The number of nitrogens with zero attached hydrogens (tertiary/aromatic N) is 1. The maximum Gasteiger partial charge on any atom is 0.326 e. The molecule has 0 radical (unpaired) electrons. The molecule has 1 amide bonds. The van der Waals surface area contributed by atoms with Crippen LogP contribution in [-0.4, -0.2) is 41.8 Å². The normalized spacial score (nSPS) is 12.5. The molecule has 0 aliphatic carbocycles. The number of benzene rings is 4. The molecule has 216 valence electrons. The topological polar surface area (TPSA) is 88.1 Å². The fourth-order valence-corrected chi connectivity index (χ4v) is 5.53. The lowest BCUT2D eigenvalue weighted by molar-refractivity contribution is -0.139. The predicted octanol–water partition coefficient (Wildman–Crippen LogP) is 6.53. The summed E-state index contributed by atoms with van der Waals surface area (Å²) in [5, 5.41) is 12.5. The summed E-state index contributed by atoms with van der Waals surface area (Å²) in [6.07, 6.45) is 2.27. The van der Waals surface area contributed by atoms with Crippen LogP contribution in [0.15, 0.2) is 91.0 Å². The van der Waals surface area contributed by atoms with Crippen molar-refractivity contribution < 1.29 is 24.2 Å². The summed E-state index contributed by atoms with van der Waals surface area (Å²) in [5.41, 5.74) is 6.32. The van der Waals surface area contributed by atoms with E-state index in [2.05, 4.69) is 22.3 Å². The van der Waals surface area contributed by atoms with Gasteiger partial charge >= 0.3 is 5.97 Å². The summed E-state index contributed by atoms with van der Waals surface area (Å²) < 4.78 is 11.2. The van der Waals surface area contributed by atoms with Gasteiger partial charge < -0.3 is 24.8 Å². The van der Waals surface area contributed by atoms with Crippen LogP contribution in [0.25, 0.3) is 11.1 Å². The number of carbonyl (C=O) groups is 2. The first-order valence-electron chi connectivity index (χ1n) is 13.8. The van der Waals surface area contributed by atoms with Gasteiger partial charge in [0.05, 0.1) is 0 Å². The molecule has 7 nitrogen and oxygen atoms in total. The third kappa shape index (κ3) is 6.89. The highest BCUT2D eigenvalue weighted by Crippen LogP contribution is 2.37. The molecule has 0 unspecified atom stereocenters. The number of carboxylic acid groups (broad SMARTS) is 1. The average molecular weight is 583 g/mol. The molecule has 0 bridgehead atoms. The number of ether oxygens (including phenoxy) is 2. The zero-order chi connectivity index (χ0) is 29.5. The Morgan fingerprint density at radius 2 is 1.62 bits per heavy atom. The van der Waals surface area contributed by atoms with Gasteiger partial charge in [0.2, 0.25) is 6.79 Å². The number of aryl methyl sites for hydroxylation is 1. The molecule has 5 rings (SSSR count). The van der Waals surface area contributed by atoms with Gasteiger partial charge in [-0.15, -0.1) is 0 Å². The quantitative estimate of drug-likeness (QED) is 0.196. The van der Waals surface area contributed by atoms with Crippen LogP contribution in [-0.2, 0) is 17.9 Å². The van der Waals surface area contributed by atoms with Crippen molar-refractivity contribution in [2.75, 3.05) is 23.7 Å². The number of hydrogen-bond acceptors (Lipinski definition) is 6. The first kappa shape index (κ1) is 29.1. The van der Waals surface area contributed by atoms with Crippen LogP contribution >= 0.6 is 11.8 Å². The number of rotatable bonds is 12. The molecule has 0 saturated carbocycles. The molecule has 0 spiro atoms. The van der Waals surface area contributed by atoms with Crippen LogP contribution in [0.5, 0.6) is 11.5 Å². The second kappa shape index (κ2) is 13.5. The molecule has 1 aliphatic heterocycles. The van der Waals surface area contributed by atoms with E-state index in [0.29, 0.717) is 36.6 Å². The van der Waals surface area contributed by atoms with Crippen molar-refractivity contribution in [1.29, 1.82) is 0 Å². The van der Waals surface area contributed by atoms with E-state index in [-0.39, 0.29) is 6.79 Å². The Bertz CT molecular complexity index is 1560. The van der Waals surface area contributed by atoms with Crippen molar-refractivity contribution in [1.82, 2.24) is 5.32 Å². The van der Waals surface area contributed by atoms with Crippen molar-refractivity contribution in [2.24, 2.45) is 0 Å². The van der Waals surface area contributed by atoms with Gasteiger partial charge in [0.1, 0.15) is 6.04 Å². The molecule has 8 heteroatoms. The Balaban J connectivity index is 1.51. The fourth-order valence-electron chi connectivity index (χ4n) is 5.06. The summed E-state index contributed by atoms with van der Waals surface area (Å²) in [5.74, 6) is 0.648. The van der Waals surface area contributed by atoms with Crippen molar-refractivity contribution in [3.05, 3.63) is 113 Å². The Hall–Kier alpha value is -4.43. The molecule has 2 N–H and O–H groups in total. The van der Waals surface area contributed by atoms with Crippen LogP contribution in [0.2, 0.25) is 0 Å². The lowest BCUT2D eigenvalue weighted by Gasteiger charge is -2.26. The third-order valence-electron chi connectivity index (χ3n) is 7.29. The molecular formula is C34H34N2O5S. The Morgan fingerprint density at radius 1 is 0.881 bits per heavy atom. The Morgan fingerprint density at radius 3 is 2.38 bits per heavy atom. The van der Waals surface area contributed by atoms with Gasteiger partial charge in [-0.05, 0) is 77.4 Å². The van der Waals surface area contributed by atoms with Gasteiger partial charge in [-0.25, -0.2) is 4.79 Å². The SMILES string of the molecule is CSCC[C@H](NC(=O)c1ccc(CN(Cc2ccccc2)c2ccc3c(c2)OCO3)cc1-c1ccccc1C)C(=O)O. The number of anilines is 1. The van der Waals surface area contributed by atoms with Gasteiger partial charge in [-0.1, -0.05) is 60.7 Å². The largest absolute Gasteiger partial charge is 0.480 e. The predicted molar refractivity (Wildman–Crippen MR) is 167 cm³/mol. The minimum absolute atomic E-state index is 0.209. The van der Waals surface area contributed by atoms with E-state index >= 15 is 0 Å². The van der Waals surface area contributed by atoms with Crippen molar-refractivity contribution >= 4 is 29.3 Å². The van der Waals surface area contributed by atoms with Crippen molar-refractivity contribution in [3.63, 3.8) is 0 Å². The second-order valence-electron chi connectivity index (χ2n) is 10.2. The molecular weight excluding hydrogens is 548 g/mol. The fraction of sp³-hybridized carbons (Fsp3) is 0.235. The number of amides is 1. The summed E-state index contributed by atoms with van der Waals surface area (Å²) in [6, 6.07) is 29.0. The summed E-state index contributed by atoms with van der Waals surface area (Å²) in [7, 11) is 0. The monoisotopic (exact) mass is 582 g/mol. The van der Waals surface area contributed by atoms with Gasteiger partial charge in [0.25, 0.3) is 5.91 Å². The van der Waals surface area contributed by atoms with Crippen LogP contribution in [0.1, 0.15) is 33.5 Å². The van der Waals surface area contributed by atoms with Crippen LogP contribution < -0.4 is 19.7 Å². The number of fused-ring (bicyclic) bond motifs is 1. The Labute approximate surface area is 250 Å². The smallest absolute Gasteiger partial charge is 0.326 e. The van der Waals surface area contributed by atoms with Crippen LogP contribution in [0, 0.1) is 6.92 Å². The lowest BCUT2D eigenvalue weighted by atomic mass is 9.93. The highest BCUT2D eigenvalue weighted by Gasteiger charge is 2.23. The molecule has 0 saturated heterocycles. The molecule has 4 aromatic carbocycles. The van der Waals surface area contributed by atoms with Crippen LogP contribution in [0.3, 0.4) is 0 Å². The van der Waals surface area contributed by atoms with E-state index in [0.717, 1.165) is 39.3 Å². The van der Waals surface area contributed by atoms with E-state index in [1.165, 1.54) is 0 Å². The summed E-state index contributed by atoms with van der Waals surface area (Å²) in [6.45, 7) is 3.45. The van der Waals surface area contributed by atoms with Crippen molar-refractivity contribution in [3.8, 4) is 22.6 Å². The maximum absolute atomic E-state index is 13.5. The zero-order valence-electron chi connectivity index (χ0n) is 23.7. The highest BCUT2D eigenvalue weighted by atomic mass is 32.2.